The predicted molar refractivity (Wildman–Crippen MR) is 107 cm³/mol. The van der Waals surface area contributed by atoms with Crippen LogP contribution in [-0.2, 0) is 18.3 Å². The van der Waals surface area contributed by atoms with Gasteiger partial charge in [-0.3, -0.25) is 14.2 Å². The molecule has 1 unspecified atom stereocenters. The number of rotatable bonds is 7. The highest BCUT2D eigenvalue weighted by Crippen LogP contribution is 2.17. The molecule has 2 rings (SSSR count). The first kappa shape index (κ1) is 20.2. The second-order valence-corrected chi connectivity index (χ2v) is 7.53. The Hall–Kier alpha value is -2.08. The first-order valence-corrected chi connectivity index (χ1v) is 9.85. The number of hydrogen-bond donors (Lipinski definition) is 1. The van der Waals surface area contributed by atoms with Crippen molar-refractivity contribution in [1.29, 1.82) is 0 Å². The Kier molecular flexibility index (Phi) is 7.03. The lowest BCUT2D eigenvalue weighted by Crippen LogP contribution is -2.33. The van der Waals surface area contributed by atoms with E-state index in [1.54, 1.807) is 11.6 Å². The number of thioether (sulfide) groups is 1. The number of amides is 1. The topological polar surface area (TPSA) is 64.0 Å². The molecule has 26 heavy (non-hydrogen) atoms. The second kappa shape index (κ2) is 9.03. The van der Waals surface area contributed by atoms with Gasteiger partial charge < -0.3 is 5.32 Å². The van der Waals surface area contributed by atoms with Crippen molar-refractivity contribution >= 4 is 17.7 Å². The van der Waals surface area contributed by atoms with E-state index in [1.807, 2.05) is 52.0 Å². The van der Waals surface area contributed by atoms with Crippen LogP contribution in [0.3, 0.4) is 0 Å². The van der Waals surface area contributed by atoms with E-state index in [-0.39, 0.29) is 23.3 Å². The molecule has 1 N–H and O–H groups in total. The largest absolute Gasteiger partial charge is 0.353 e. The third-order valence-corrected chi connectivity index (χ3v) is 5.56. The highest BCUT2D eigenvalue weighted by molar-refractivity contribution is 7.99. The van der Waals surface area contributed by atoms with Crippen molar-refractivity contribution in [3.05, 3.63) is 57.0 Å². The number of aromatic nitrogens is 2. The molecule has 0 radical (unpaired) electrons. The predicted octanol–water partition coefficient (Wildman–Crippen LogP) is 2.99. The van der Waals surface area contributed by atoms with E-state index in [1.165, 1.54) is 11.8 Å². The van der Waals surface area contributed by atoms with Crippen LogP contribution in [-0.4, -0.2) is 27.3 Å². The first-order valence-electron chi connectivity index (χ1n) is 8.86. The van der Waals surface area contributed by atoms with Gasteiger partial charge in [0.15, 0.2) is 5.16 Å². The molecule has 0 saturated carbocycles. The zero-order valence-corrected chi connectivity index (χ0v) is 16.9. The zero-order valence-electron chi connectivity index (χ0n) is 16.1. The monoisotopic (exact) mass is 373 g/mol. The van der Waals surface area contributed by atoms with Crippen LogP contribution in [0, 0.1) is 13.8 Å². The summed E-state index contributed by atoms with van der Waals surface area (Å²) in [5.41, 5.74) is 3.67. The van der Waals surface area contributed by atoms with Crippen LogP contribution in [0.2, 0.25) is 0 Å². The van der Waals surface area contributed by atoms with Crippen LogP contribution in [0.4, 0.5) is 0 Å². The number of nitrogens with zero attached hydrogens (tertiary/aromatic N) is 2. The molecule has 1 atom stereocenters. The summed E-state index contributed by atoms with van der Waals surface area (Å²) in [7, 11) is 1.71. The quantitative estimate of drug-likeness (QED) is 0.599. The minimum atomic E-state index is -0.0504. The van der Waals surface area contributed by atoms with Gasteiger partial charge in [-0.15, -0.1) is 0 Å². The molecule has 140 valence electrons. The minimum Gasteiger partial charge on any atom is -0.353 e. The SMILES string of the molecule is CCC(C)NC(=O)CSc1nc(C)c(Cc2ccccc2C)c(=O)n1C. The van der Waals surface area contributed by atoms with Crippen LogP contribution in [0.15, 0.2) is 34.2 Å². The molecule has 0 aliphatic rings. The highest BCUT2D eigenvalue weighted by Gasteiger charge is 2.15. The molecular formula is C20H27N3O2S. The fraction of sp³-hybridized carbons (Fsp3) is 0.450. The van der Waals surface area contributed by atoms with Crippen LogP contribution in [0.1, 0.15) is 42.7 Å². The van der Waals surface area contributed by atoms with Gasteiger partial charge in [-0.2, -0.15) is 0 Å². The van der Waals surface area contributed by atoms with Gasteiger partial charge in [0.2, 0.25) is 5.91 Å². The third kappa shape index (κ3) is 4.97. The van der Waals surface area contributed by atoms with Gasteiger partial charge in [0, 0.05) is 30.8 Å². The summed E-state index contributed by atoms with van der Waals surface area (Å²) in [6.07, 6.45) is 1.46. The number of hydrogen-bond acceptors (Lipinski definition) is 4. The molecule has 2 aromatic rings. The lowest BCUT2D eigenvalue weighted by molar-refractivity contribution is -0.119. The zero-order chi connectivity index (χ0) is 19.3. The van der Waals surface area contributed by atoms with E-state index in [0.717, 1.165) is 23.2 Å². The van der Waals surface area contributed by atoms with Crippen molar-refractivity contribution < 1.29 is 4.79 Å². The van der Waals surface area contributed by atoms with Crippen LogP contribution < -0.4 is 10.9 Å². The lowest BCUT2D eigenvalue weighted by atomic mass is 10.0. The van der Waals surface area contributed by atoms with Crippen molar-refractivity contribution in [2.24, 2.45) is 7.05 Å². The summed E-state index contributed by atoms with van der Waals surface area (Å²) in [6.45, 7) is 7.90. The van der Waals surface area contributed by atoms with Crippen molar-refractivity contribution in [3.63, 3.8) is 0 Å². The molecule has 1 aromatic heterocycles. The molecule has 5 nitrogen and oxygen atoms in total. The van der Waals surface area contributed by atoms with E-state index >= 15 is 0 Å². The Bertz CT molecular complexity index is 845. The maximum atomic E-state index is 12.8. The number of nitrogens with one attached hydrogen (secondary N) is 1. The fourth-order valence-corrected chi connectivity index (χ4v) is 3.43. The Balaban J connectivity index is 2.18. The summed E-state index contributed by atoms with van der Waals surface area (Å²) in [6, 6.07) is 8.21. The van der Waals surface area contributed by atoms with Crippen molar-refractivity contribution in [2.75, 3.05) is 5.75 Å². The standard InChI is InChI=1S/C20H27N3O2S/c1-6-14(3)21-18(24)12-26-20-22-15(4)17(19(25)23(20)5)11-16-10-8-7-9-13(16)2/h7-10,14H,6,11-12H2,1-5H3,(H,21,24). The van der Waals surface area contributed by atoms with Gasteiger partial charge in [-0.1, -0.05) is 43.0 Å². The van der Waals surface area contributed by atoms with Gasteiger partial charge in [-0.25, -0.2) is 4.98 Å². The van der Waals surface area contributed by atoms with E-state index in [4.69, 9.17) is 0 Å². The second-order valence-electron chi connectivity index (χ2n) is 6.59. The normalized spacial score (nSPS) is 12.0. The number of benzene rings is 1. The minimum absolute atomic E-state index is 0.0414. The Morgan fingerprint density at radius 1 is 1.31 bits per heavy atom. The number of aryl methyl sites for hydroxylation is 2. The molecule has 1 amide bonds. The van der Waals surface area contributed by atoms with Crippen molar-refractivity contribution in [1.82, 2.24) is 14.9 Å². The Morgan fingerprint density at radius 2 is 2.00 bits per heavy atom. The molecule has 1 aromatic carbocycles. The molecule has 0 aliphatic carbocycles. The first-order chi connectivity index (χ1) is 12.3. The van der Waals surface area contributed by atoms with Gasteiger partial charge >= 0.3 is 0 Å². The fourth-order valence-electron chi connectivity index (χ4n) is 2.61. The average Bonchev–Trinajstić information content (AvgIpc) is 2.61. The summed E-state index contributed by atoms with van der Waals surface area (Å²) in [5, 5.41) is 3.49. The summed E-state index contributed by atoms with van der Waals surface area (Å²) >= 11 is 1.29. The molecule has 1 heterocycles. The van der Waals surface area contributed by atoms with Gasteiger partial charge in [0.1, 0.15) is 0 Å². The van der Waals surface area contributed by atoms with Crippen LogP contribution in [0.5, 0.6) is 0 Å². The average molecular weight is 374 g/mol. The lowest BCUT2D eigenvalue weighted by Gasteiger charge is -2.14. The molecule has 0 spiro atoms. The number of carbonyl (C=O) groups is 1. The summed E-state index contributed by atoms with van der Waals surface area (Å²) in [4.78, 5) is 29.3. The molecule has 0 aliphatic heterocycles. The molecule has 0 fully saturated rings. The number of carbonyl (C=O) groups excluding carboxylic acids is 1. The van der Waals surface area contributed by atoms with Gasteiger partial charge in [0.05, 0.1) is 5.75 Å². The Labute approximate surface area is 159 Å². The third-order valence-electron chi connectivity index (χ3n) is 4.53. The molecule has 0 saturated heterocycles. The molecule has 6 heteroatoms. The highest BCUT2D eigenvalue weighted by atomic mass is 32.2. The molecular weight excluding hydrogens is 346 g/mol. The maximum absolute atomic E-state index is 12.8. The summed E-state index contributed by atoms with van der Waals surface area (Å²) < 4.78 is 1.54. The summed E-state index contributed by atoms with van der Waals surface area (Å²) in [5.74, 6) is 0.210. The van der Waals surface area contributed by atoms with E-state index in [2.05, 4.69) is 10.3 Å². The van der Waals surface area contributed by atoms with Crippen molar-refractivity contribution in [3.8, 4) is 0 Å². The smallest absolute Gasteiger partial charge is 0.257 e. The van der Waals surface area contributed by atoms with Crippen LogP contribution >= 0.6 is 11.8 Å². The van der Waals surface area contributed by atoms with E-state index in [0.29, 0.717) is 17.1 Å². The van der Waals surface area contributed by atoms with Gasteiger partial charge in [-0.05, 0) is 38.3 Å². The van der Waals surface area contributed by atoms with Crippen LogP contribution in [0.25, 0.3) is 0 Å². The Morgan fingerprint density at radius 3 is 2.65 bits per heavy atom. The maximum Gasteiger partial charge on any atom is 0.257 e. The van der Waals surface area contributed by atoms with E-state index in [9.17, 15) is 9.59 Å². The molecule has 0 bridgehead atoms. The van der Waals surface area contributed by atoms with E-state index < -0.39 is 0 Å². The van der Waals surface area contributed by atoms with Crippen molar-refractivity contribution in [2.45, 2.75) is 51.7 Å². The van der Waals surface area contributed by atoms with Gasteiger partial charge in [0.25, 0.3) is 5.56 Å².